The Labute approximate surface area is 266 Å². The van der Waals surface area contributed by atoms with Gasteiger partial charge in [0, 0.05) is 16.8 Å². The van der Waals surface area contributed by atoms with Crippen molar-refractivity contribution in [2.75, 3.05) is 14.2 Å². The van der Waals surface area contributed by atoms with Crippen molar-refractivity contribution in [3.05, 3.63) is 125 Å². The lowest BCUT2D eigenvalue weighted by molar-refractivity contribution is 0.414. The number of nitrogens with zero attached hydrogens (tertiary/aromatic N) is 1. The van der Waals surface area contributed by atoms with Crippen LogP contribution in [0.4, 0.5) is 0 Å². The Balaban J connectivity index is 1.64. The molecule has 5 heteroatoms. The van der Waals surface area contributed by atoms with Crippen molar-refractivity contribution in [1.29, 1.82) is 0 Å². The Hall–Kier alpha value is -4.79. The molecule has 224 valence electrons. The van der Waals surface area contributed by atoms with E-state index >= 15 is 0 Å². The zero-order valence-electron chi connectivity index (χ0n) is 26.1. The van der Waals surface area contributed by atoms with Crippen molar-refractivity contribution in [3.8, 4) is 51.0 Å². The zero-order valence-corrected chi connectivity index (χ0v) is 27.1. The normalized spacial score (nSPS) is 17.1. The van der Waals surface area contributed by atoms with Gasteiger partial charge < -0.3 is 9.47 Å². The van der Waals surface area contributed by atoms with Crippen molar-refractivity contribution in [1.82, 2.24) is 4.57 Å². The molecule has 2 aliphatic rings. The van der Waals surface area contributed by atoms with Crippen LogP contribution in [0.5, 0.6) is 11.5 Å². The summed E-state index contributed by atoms with van der Waals surface area (Å²) in [6.07, 6.45) is 5.95. The van der Waals surface area contributed by atoms with Gasteiger partial charge in [-0.25, -0.2) is 0 Å². The maximum atomic E-state index is 14.6. The molecule has 0 bridgehead atoms. The fourth-order valence-corrected chi connectivity index (χ4v) is 13.1. The zero-order chi connectivity index (χ0) is 31.0. The molecule has 0 spiro atoms. The Kier molecular flexibility index (Phi) is 7.69. The molecule has 0 unspecified atom stereocenters. The standard InChI is InChI=1S/C40H37NO3Si/c1-28-37-35-16-10-11-17-36(35)45(34-14-8-5-9-15-34,27-26-29-18-22-32(43-2)23-19-29)39(37)38(30-20-24-33(44-3)25-21-30)41(40(28)42)31-12-6-4-7-13-31/h4,6-7,10-13,16-25,34H,5,8-9,14-15H2,1-3H3/t45-/m0/s1. The Morgan fingerprint density at radius 3 is 2.04 bits per heavy atom. The van der Waals surface area contributed by atoms with Crippen LogP contribution >= 0.6 is 0 Å². The number of hydrogen-bond donors (Lipinski definition) is 0. The molecule has 1 atom stereocenters. The van der Waals surface area contributed by atoms with Crippen LogP contribution < -0.4 is 25.4 Å². The van der Waals surface area contributed by atoms with E-state index in [1.807, 2.05) is 66.1 Å². The van der Waals surface area contributed by atoms with E-state index in [9.17, 15) is 4.79 Å². The number of hydrogen-bond acceptors (Lipinski definition) is 3. The number of rotatable bonds is 5. The largest absolute Gasteiger partial charge is 0.497 e. The molecule has 1 aliphatic carbocycles. The maximum absolute atomic E-state index is 14.6. The SMILES string of the molecule is COc1ccc(C#C[Si@]2(C3CCCCC3)c3ccccc3-c3c2c(-c2ccc(OC)cc2)n(-c2ccccc2)c(=O)c3C)cc1. The van der Waals surface area contributed by atoms with Crippen LogP contribution in [0.3, 0.4) is 0 Å². The molecule has 5 aromatic rings. The van der Waals surface area contributed by atoms with Gasteiger partial charge in [-0.3, -0.25) is 9.36 Å². The fraction of sp³-hybridized carbons (Fsp3) is 0.225. The summed E-state index contributed by atoms with van der Waals surface area (Å²) < 4.78 is 13.0. The molecule has 45 heavy (non-hydrogen) atoms. The Morgan fingerprint density at radius 1 is 0.756 bits per heavy atom. The third kappa shape index (κ3) is 4.81. The summed E-state index contributed by atoms with van der Waals surface area (Å²) in [6.45, 7) is 2.01. The average molecular weight is 608 g/mol. The minimum atomic E-state index is -2.83. The number of benzene rings is 4. The van der Waals surface area contributed by atoms with Gasteiger partial charge in [-0.1, -0.05) is 80.5 Å². The molecular weight excluding hydrogens is 571 g/mol. The molecule has 0 amide bonds. The van der Waals surface area contributed by atoms with E-state index < -0.39 is 8.07 Å². The lowest BCUT2D eigenvalue weighted by atomic mass is 9.98. The van der Waals surface area contributed by atoms with Crippen LogP contribution in [0.2, 0.25) is 5.54 Å². The predicted octanol–water partition coefficient (Wildman–Crippen LogP) is 7.30. The molecule has 0 saturated heterocycles. The van der Waals surface area contributed by atoms with Gasteiger partial charge in [-0.2, -0.15) is 0 Å². The van der Waals surface area contributed by atoms with Gasteiger partial charge in [0.2, 0.25) is 8.07 Å². The van der Waals surface area contributed by atoms with Crippen LogP contribution in [0.1, 0.15) is 43.2 Å². The quantitative estimate of drug-likeness (QED) is 0.156. The molecule has 2 heterocycles. The molecule has 7 rings (SSSR count). The second kappa shape index (κ2) is 11.9. The van der Waals surface area contributed by atoms with E-state index in [0.29, 0.717) is 5.54 Å². The fourth-order valence-electron chi connectivity index (χ4n) is 7.58. The van der Waals surface area contributed by atoms with Crippen LogP contribution in [-0.2, 0) is 0 Å². The highest BCUT2D eigenvalue weighted by Crippen LogP contribution is 2.45. The number of ether oxygens (including phenoxy) is 2. The van der Waals surface area contributed by atoms with Gasteiger partial charge in [0.15, 0.2) is 0 Å². The molecule has 1 saturated carbocycles. The van der Waals surface area contributed by atoms with Crippen molar-refractivity contribution < 1.29 is 9.47 Å². The summed E-state index contributed by atoms with van der Waals surface area (Å²) >= 11 is 0. The van der Waals surface area contributed by atoms with E-state index in [1.165, 1.54) is 35.2 Å². The minimum Gasteiger partial charge on any atom is -0.497 e. The molecule has 4 nitrogen and oxygen atoms in total. The third-order valence-corrected chi connectivity index (χ3v) is 14.6. The number of pyridine rings is 1. The van der Waals surface area contributed by atoms with Crippen molar-refractivity contribution >= 4 is 18.4 Å². The predicted molar refractivity (Wildman–Crippen MR) is 186 cm³/mol. The van der Waals surface area contributed by atoms with E-state index in [-0.39, 0.29) is 5.56 Å². The summed E-state index contributed by atoms with van der Waals surface area (Å²) in [5.74, 6) is 5.30. The van der Waals surface area contributed by atoms with E-state index in [0.717, 1.165) is 58.0 Å². The van der Waals surface area contributed by atoms with Gasteiger partial charge in [-0.15, -0.1) is 5.54 Å². The summed E-state index contributed by atoms with van der Waals surface area (Å²) in [5, 5.41) is 2.62. The van der Waals surface area contributed by atoms with Gasteiger partial charge in [0.1, 0.15) is 11.5 Å². The van der Waals surface area contributed by atoms with Gasteiger partial charge in [0.05, 0.1) is 19.9 Å². The van der Waals surface area contributed by atoms with Gasteiger partial charge in [-0.05, 0) is 100 Å². The monoisotopic (exact) mass is 607 g/mol. The smallest absolute Gasteiger partial charge is 0.259 e. The first-order valence-corrected chi connectivity index (χ1v) is 17.9. The summed E-state index contributed by atoms with van der Waals surface area (Å²) in [4.78, 5) is 14.6. The highest BCUT2D eigenvalue weighted by atomic mass is 28.3. The van der Waals surface area contributed by atoms with Crippen molar-refractivity contribution in [2.24, 2.45) is 0 Å². The molecule has 0 N–H and O–H groups in total. The summed E-state index contributed by atoms with van der Waals surface area (Å²) in [6, 6.07) is 35.2. The average Bonchev–Trinajstić information content (AvgIpc) is 3.41. The Morgan fingerprint density at radius 2 is 1.38 bits per heavy atom. The minimum absolute atomic E-state index is 0.0112. The first-order chi connectivity index (χ1) is 22.1. The summed E-state index contributed by atoms with van der Waals surface area (Å²) in [5.41, 5.74) is 11.4. The Bertz CT molecular complexity index is 1980. The lowest BCUT2D eigenvalue weighted by Gasteiger charge is -2.37. The van der Waals surface area contributed by atoms with Crippen molar-refractivity contribution in [3.63, 3.8) is 0 Å². The molecule has 1 fully saturated rings. The van der Waals surface area contributed by atoms with Crippen LogP contribution in [0, 0.1) is 18.4 Å². The maximum Gasteiger partial charge on any atom is 0.259 e. The summed E-state index contributed by atoms with van der Waals surface area (Å²) in [7, 11) is 0.545. The second-order valence-corrected chi connectivity index (χ2v) is 15.8. The number of para-hydroxylation sites is 1. The molecule has 0 radical (unpaired) electrons. The molecule has 1 aliphatic heterocycles. The van der Waals surface area contributed by atoms with E-state index in [4.69, 9.17) is 9.47 Å². The lowest BCUT2D eigenvalue weighted by Crippen LogP contribution is -2.60. The highest BCUT2D eigenvalue weighted by Gasteiger charge is 2.53. The van der Waals surface area contributed by atoms with E-state index in [2.05, 4.69) is 60.0 Å². The van der Waals surface area contributed by atoms with Crippen LogP contribution in [-0.4, -0.2) is 26.9 Å². The first-order valence-electron chi connectivity index (χ1n) is 15.8. The highest BCUT2D eigenvalue weighted by molar-refractivity contribution is 7.12. The van der Waals surface area contributed by atoms with E-state index in [1.54, 1.807) is 14.2 Å². The molecule has 4 aromatic carbocycles. The molecular formula is C40H37NO3Si. The van der Waals surface area contributed by atoms with Crippen LogP contribution in [0.25, 0.3) is 28.1 Å². The van der Waals surface area contributed by atoms with Crippen molar-refractivity contribution in [2.45, 2.75) is 44.6 Å². The first kappa shape index (κ1) is 28.9. The topological polar surface area (TPSA) is 40.5 Å². The second-order valence-electron chi connectivity index (χ2n) is 12.1. The molecule has 1 aromatic heterocycles. The van der Waals surface area contributed by atoms with Crippen LogP contribution in [0.15, 0.2) is 108 Å². The van der Waals surface area contributed by atoms with Gasteiger partial charge in [0.25, 0.3) is 5.56 Å². The number of fused-ring (bicyclic) bond motifs is 3. The van der Waals surface area contributed by atoms with Gasteiger partial charge >= 0.3 is 0 Å². The third-order valence-electron chi connectivity index (χ3n) is 9.71. The number of aromatic nitrogens is 1. The number of methoxy groups -OCH3 is 2.